The van der Waals surface area contributed by atoms with Crippen molar-refractivity contribution in [3.05, 3.63) is 36.5 Å². The van der Waals surface area contributed by atoms with Crippen molar-refractivity contribution in [3.8, 4) is 0 Å². The van der Waals surface area contributed by atoms with E-state index in [1.807, 2.05) is 6.08 Å². The van der Waals surface area contributed by atoms with E-state index >= 15 is 0 Å². The largest absolute Gasteiger partial charge is 0.466 e. The first-order valence-electron chi connectivity index (χ1n) is 32.8. The van der Waals surface area contributed by atoms with Gasteiger partial charge in [-0.2, -0.15) is 0 Å². The van der Waals surface area contributed by atoms with Crippen LogP contribution in [0.1, 0.15) is 354 Å². The molecule has 0 saturated carbocycles. The molecule has 2 unspecified atom stereocenters. The highest BCUT2D eigenvalue weighted by Gasteiger charge is 2.18. The van der Waals surface area contributed by atoms with Crippen LogP contribution in [0.2, 0.25) is 0 Å². The highest BCUT2D eigenvalue weighted by atomic mass is 16.5. The maximum Gasteiger partial charge on any atom is 0.305 e. The molecule has 73 heavy (non-hydrogen) atoms. The number of unbranched alkanes of at least 4 members (excludes halogenated alkanes) is 46. The Balaban J connectivity index is 3.49. The summed E-state index contributed by atoms with van der Waals surface area (Å²) in [6.07, 6.45) is 79.1. The van der Waals surface area contributed by atoms with Crippen molar-refractivity contribution >= 4 is 11.9 Å². The summed E-state index contributed by atoms with van der Waals surface area (Å²) in [5.41, 5.74) is 0. The van der Waals surface area contributed by atoms with Crippen LogP contribution in [0, 0.1) is 0 Å². The van der Waals surface area contributed by atoms with Crippen molar-refractivity contribution < 1.29 is 24.5 Å². The van der Waals surface area contributed by atoms with Crippen LogP contribution < -0.4 is 5.32 Å². The first kappa shape index (κ1) is 71.1. The Morgan fingerprint density at radius 2 is 0.685 bits per heavy atom. The smallest absolute Gasteiger partial charge is 0.305 e. The fourth-order valence-electron chi connectivity index (χ4n) is 10.1. The number of ether oxygens (including phenoxy) is 1. The molecule has 430 valence electrons. The van der Waals surface area contributed by atoms with Crippen molar-refractivity contribution in [1.29, 1.82) is 0 Å². The molecule has 2 atom stereocenters. The zero-order valence-electron chi connectivity index (χ0n) is 49.1. The molecule has 0 spiro atoms. The quantitative estimate of drug-likeness (QED) is 0.0320. The normalized spacial score (nSPS) is 12.8. The summed E-state index contributed by atoms with van der Waals surface area (Å²) < 4.78 is 5.48. The number of aliphatic hydroxyl groups excluding tert-OH is 2. The maximum absolute atomic E-state index is 12.5. The average Bonchev–Trinajstić information content (AvgIpc) is 3.39. The highest BCUT2D eigenvalue weighted by molar-refractivity contribution is 5.76. The number of rotatable bonds is 61. The molecule has 6 nitrogen and oxygen atoms in total. The number of hydrogen-bond acceptors (Lipinski definition) is 5. The van der Waals surface area contributed by atoms with Crippen LogP contribution in [0.15, 0.2) is 36.5 Å². The lowest BCUT2D eigenvalue weighted by atomic mass is 10.0. The molecule has 3 N–H and O–H groups in total. The fraction of sp³-hybridized carbons (Fsp3) is 0.881. The van der Waals surface area contributed by atoms with Crippen molar-refractivity contribution in [2.24, 2.45) is 0 Å². The Bertz CT molecular complexity index is 1180. The number of esters is 1. The van der Waals surface area contributed by atoms with Gasteiger partial charge in [0.2, 0.25) is 5.91 Å². The highest BCUT2D eigenvalue weighted by Crippen LogP contribution is 2.18. The van der Waals surface area contributed by atoms with E-state index in [1.165, 1.54) is 244 Å². The van der Waals surface area contributed by atoms with Crippen LogP contribution in [-0.4, -0.2) is 47.4 Å². The number of allylic oxidation sites excluding steroid dienone is 5. The van der Waals surface area contributed by atoms with Gasteiger partial charge >= 0.3 is 5.97 Å². The maximum atomic E-state index is 12.5. The lowest BCUT2D eigenvalue weighted by molar-refractivity contribution is -0.143. The van der Waals surface area contributed by atoms with Crippen molar-refractivity contribution in [2.75, 3.05) is 13.2 Å². The van der Waals surface area contributed by atoms with Gasteiger partial charge in [0.1, 0.15) is 0 Å². The number of carbonyl (C=O) groups excluding carboxylic acids is 2. The molecule has 0 saturated heterocycles. The predicted octanol–water partition coefficient (Wildman–Crippen LogP) is 20.8. The summed E-state index contributed by atoms with van der Waals surface area (Å²) in [7, 11) is 0. The summed E-state index contributed by atoms with van der Waals surface area (Å²) >= 11 is 0. The number of amides is 1. The topological polar surface area (TPSA) is 95.9 Å². The van der Waals surface area contributed by atoms with Gasteiger partial charge in [0, 0.05) is 12.8 Å². The number of carbonyl (C=O) groups is 2. The van der Waals surface area contributed by atoms with E-state index in [0.717, 1.165) is 83.5 Å². The summed E-state index contributed by atoms with van der Waals surface area (Å²) in [5, 5.41) is 23.2. The molecule has 0 rings (SSSR count). The van der Waals surface area contributed by atoms with Gasteiger partial charge in [0.15, 0.2) is 0 Å². The molecule has 1 amide bonds. The standard InChI is InChI=1S/C67H127NO5/c1-3-5-7-9-11-13-15-17-19-21-23-25-27-31-35-39-43-47-51-55-59-65(70)64(63-69)68-66(71)60-56-52-48-44-40-36-32-28-26-30-34-38-42-46-50-54-58-62-73-67(72)61-57-53-49-45-41-37-33-29-24-22-20-18-16-14-12-10-8-6-4-2/h26,30,38,42,55,59,64-65,69-70H,3-25,27-29,31-37,39-41,43-54,56-58,60-63H2,1-2H3,(H,68,71)/b30-26-,42-38-,59-55+. The van der Waals surface area contributed by atoms with Crippen LogP contribution >= 0.6 is 0 Å². The van der Waals surface area contributed by atoms with Crippen LogP contribution in [0.25, 0.3) is 0 Å². The first-order valence-corrected chi connectivity index (χ1v) is 32.8. The molecule has 0 radical (unpaired) electrons. The van der Waals surface area contributed by atoms with Crippen molar-refractivity contribution in [1.82, 2.24) is 5.32 Å². The Morgan fingerprint density at radius 3 is 1.04 bits per heavy atom. The minimum absolute atomic E-state index is 0.0112. The zero-order valence-corrected chi connectivity index (χ0v) is 49.1. The molecular weight excluding hydrogens is 899 g/mol. The summed E-state index contributed by atoms with van der Waals surface area (Å²) in [6, 6.07) is -0.641. The van der Waals surface area contributed by atoms with Crippen LogP contribution in [0.4, 0.5) is 0 Å². The van der Waals surface area contributed by atoms with Gasteiger partial charge in [0.25, 0.3) is 0 Å². The van der Waals surface area contributed by atoms with E-state index in [9.17, 15) is 19.8 Å². The molecule has 0 heterocycles. The van der Waals surface area contributed by atoms with Gasteiger partial charge in [-0.3, -0.25) is 9.59 Å². The van der Waals surface area contributed by atoms with Gasteiger partial charge in [-0.05, 0) is 70.6 Å². The second kappa shape index (κ2) is 62.6. The van der Waals surface area contributed by atoms with E-state index in [0.29, 0.717) is 19.4 Å². The second-order valence-electron chi connectivity index (χ2n) is 22.5. The van der Waals surface area contributed by atoms with Crippen LogP contribution in [0.5, 0.6) is 0 Å². The van der Waals surface area contributed by atoms with Gasteiger partial charge in [-0.15, -0.1) is 0 Å². The van der Waals surface area contributed by atoms with E-state index < -0.39 is 12.1 Å². The predicted molar refractivity (Wildman–Crippen MR) is 319 cm³/mol. The molecule has 0 bridgehead atoms. The SMILES string of the molecule is CCCCCCCCCCCCCCCCCCCC/C=C/C(O)C(CO)NC(=O)CCCCCCCCC/C=C\C/C=C\CCCCCOC(=O)CCCCCCCCCCCCCCCCCCCCC. The van der Waals surface area contributed by atoms with E-state index in [-0.39, 0.29) is 18.5 Å². The number of hydrogen-bond donors (Lipinski definition) is 3. The molecule has 0 aromatic carbocycles. The minimum Gasteiger partial charge on any atom is -0.466 e. The number of aliphatic hydroxyl groups is 2. The Labute approximate surface area is 455 Å². The average molecular weight is 1030 g/mol. The van der Waals surface area contributed by atoms with Gasteiger partial charge in [-0.25, -0.2) is 0 Å². The third-order valence-corrected chi connectivity index (χ3v) is 15.2. The summed E-state index contributed by atoms with van der Waals surface area (Å²) in [6.45, 7) is 4.89. The molecule has 0 aliphatic carbocycles. The zero-order chi connectivity index (χ0) is 52.9. The van der Waals surface area contributed by atoms with Gasteiger partial charge in [0.05, 0.1) is 25.4 Å². The molecule has 0 aliphatic heterocycles. The lowest BCUT2D eigenvalue weighted by Gasteiger charge is -2.20. The molecule has 0 aliphatic rings. The molecule has 0 aromatic rings. The minimum atomic E-state index is -0.856. The lowest BCUT2D eigenvalue weighted by Crippen LogP contribution is -2.45. The first-order chi connectivity index (χ1) is 36.0. The van der Waals surface area contributed by atoms with Crippen LogP contribution in [-0.2, 0) is 14.3 Å². The van der Waals surface area contributed by atoms with Gasteiger partial charge < -0.3 is 20.3 Å². The Hall–Kier alpha value is -1.92. The monoisotopic (exact) mass is 1030 g/mol. The summed E-state index contributed by atoms with van der Waals surface area (Å²) in [4.78, 5) is 24.6. The third-order valence-electron chi connectivity index (χ3n) is 15.2. The summed E-state index contributed by atoms with van der Waals surface area (Å²) in [5.74, 6) is -0.0926. The van der Waals surface area contributed by atoms with E-state index in [4.69, 9.17) is 4.74 Å². The Kier molecular flexibility index (Phi) is 61.0. The van der Waals surface area contributed by atoms with Gasteiger partial charge in [-0.1, -0.05) is 307 Å². The van der Waals surface area contributed by atoms with E-state index in [1.54, 1.807) is 6.08 Å². The van der Waals surface area contributed by atoms with Crippen molar-refractivity contribution in [2.45, 2.75) is 366 Å². The number of nitrogens with one attached hydrogen (secondary N) is 1. The van der Waals surface area contributed by atoms with Crippen molar-refractivity contribution in [3.63, 3.8) is 0 Å². The molecular formula is C67H127NO5. The van der Waals surface area contributed by atoms with Crippen LogP contribution in [0.3, 0.4) is 0 Å². The fourth-order valence-corrected chi connectivity index (χ4v) is 10.1. The second-order valence-corrected chi connectivity index (χ2v) is 22.5. The molecule has 0 fully saturated rings. The molecule has 6 heteroatoms. The Morgan fingerprint density at radius 1 is 0.384 bits per heavy atom. The van der Waals surface area contributed by atoms with E-state index in [2.05, 4.69) is 43.5 Å². The molecule has 0 aromatic heterocycles. The third kappa shape index (κ3) is 59.2.